The zero-order valence-electron chi connectivity index (χ0n) is 11.0. The van der Waals surface area contributed by atoms with Crippen LogP contribution in [0.4, 0.5) is 17.1 Å². The van der Waals surface area contributed by atoms with Crippen molar-refractivity contribution in [2.75, 3.05) is 5.32 Å². The molecule has 2 aromatic carbocycles. The normalized spacial score (nSPS) is 10.2. The summed E-state index contributed by atoms with van der Waals surface area (Å²) < 4.78 is 0.851. The predicted molar refractivity (Wildman–Crippen MR) is 82.2 cm³/mol. The van der Waals surface area contributed by atoms with E-state index in [9.17, 15) is 14.9 Å². The van der Waals surface area contributed by atoms with Gasteiger partial charge >= 0.3 is 11.7 Å². The summed E-state index contributed by atoms with van der Waals surface area (Å²) in [6, 6.07) is 9.51. The van der Waals surface area contributed by atoms with Crippen LogP contribution in [0.2, 0.25) is 0 Å². The molecular formula is C14H11BrN2O4. The van der Waals surface area contributed by atoms with Crippen LogP contribution in [0.3, 0.4) is 0 Å². The van der Waals surface area contributed by atoms with E-state index in [0.717, 1.165) is 10.0 Å². The Morgan fingerprint density at radius 3 is 2.62 bits per heavy atom. The first kappa shape index (κ1) is 15.0. The Kier molecular flexibility index (Phi) is 4.23. The number of benzene rings is 2. The summed E-state index contributed by atoms with van der Waals surface area (Å²) in [6.07, 6.45) is 0. The molecule has 2 N–H and O–H groups in total. The average molecular weight is 351 g/mol. The number of carboxylic acid groups (broad SMARTS) is 1. The van der Waals surface area contributed by atoms with Gasteiger partial charge in [0.15, 0.2) is 0 Å². The lowest BCUT2D eigenvalue weighted by Gasteiger charge is -2.09. The molecule has 0 bridgehead atoms. The lowest BCUT2D eigenvalue weighted by atomic mass is 10.1. The summed E-state index contributed by atoms with van der Waals surface area (Å²) in [5.74, 6) is -1.34. The topological polar surface area (TPSA) is 92.5 Å². The number of carbonyl (C=O) groups is 1. The number of anilines is 2. The highest BCUT2D eigenvalue weighted by atomic mass is 79.9. The molecule has 0 aromatic heterocycles. The zero-order chi connectivity index (χ0) is 15.6. The molecule has 0 radical (unpaired) electrons. The minimum atomic E-state index is -1.34. The van der Waals surface area contributed by atoms with Gasteiger partial charge in [-0.15, -0.1) is 0 Å². The third-order valence-corrected chi connectivity index (χ3v) is 3.75. The van der Waals surface area contributed by atoms with Crippen LogP contribution in [0.15, 0.2) is 40.9 Å². The monoisotopic (exact) mass is 350 g/mol. The maximum absolute atomic E-state index is 11.2. The van der Waals surface area contributed by atoms with Gasteiger partial charge in [-0.05, 0) is 36.8 Å². The molecule has 0 aliphatic rings. The second-order valence-corrected chi connectivity index (χ2v) is 5.21. The van der Waals surface area contributed by atoms with Gasteiger partial charge in [-0.3, -0.25) is 10.1 Å². The number of aromatic carboxylic acids is 1. The number of nitro groups is 1. The van der Waals surface area contributed by atoms with Crippen LogP contribution in [0.5, 0.6) is 0 Å². The van der Waals surface area contributed by atoms with Gasteiger partial charge in [-0.2, -0.15) is 0 Å². The fourth-order valence-corrected chi connectivity index (χ4v) is 2.22. The Balaban J connectivity index is 2.48. The smallest absolute Gasteiger partial charge is 0.342 e. The second kappa shape index (κ2) is 5.92. The van der Waals surface area contributed by atoms with Crippen molar-refractivity contribution in [2.45, 2.75) is 6.92 Å². The van der Waals surface area contributed by atoms with E-state index in [-0.39, 0.29) is 11.3 Å². The SMILES string of the molecule is Cc1ccc(Nc2cccc(C(=O)O)c2[N+](=O)[O-])cc1Br. The van der Waals surface area contributed by atoms with Crippen molar-refractivity contribution in [3.05, 3.63) is 62.1 Å². The molecule has 0 unspecified atom stereocenters. The van der Waals surface area contributed by atoms with Crippen LogP contribution in [-0.2, 0) is 0 Å². The van der Waals surface area contributed by atoms with E-state index in [2.05, 4.69) is 21.2 Å². The summed E-state index contributed by atoms with van der Waals surface area (Å²) in [5, 5.41) is 23.1. The molecule has 0 spiro atoms. The number of hydrogen-bond donors (Lipinski definition) is 2. The summed E-state index contributed by atoms with van der Waals surface area (Å²) in [4.78, 5) is 21.5. The highest BCUT2D eigenvalue weighted by molar-refractivity contribution is 9.10. The molecule has 7 heteroatoms. The van der Waals surface area contributed by atoms with E-state index < -0.39 is 16.6 Å². The van der Waals surface area contributed by atoms with Gasteiger partial charge in [-0.1, -0.05) is 28.1 Å². The van der Waals surface area contributed by atoms with Crippen molar-refractivity contribution < 1.29 is 14.8 Å². The number of nitrogens with zero attached hydrogens (tertiary/aromatic N) is 1. The van der Waals surface area contributed by atoms with Gasteiger partial charge in [0.25, 0.3) is 0 Å². The van der Waals surface area contributed by atoms with E-state index in [1.54, 1.807) is 12.1 Å². The van der Waals surface area contributed by atoms with Crippen molar-refractivity contribution in [1.82, 2.24) is 0 Å². The first-order valence-electron chi connectivity index (χ1n) is 5.94. The van der Waals surface area contributed by atoms with Gasteiger partial charge in [-0.25, -0.2) is 4.79 Å². The van der Waals surface area contributed by atoms with Crippen molar-refractivity contribution in [3.63, 3.8) is 0 Å². The number of halogens is 1. The maximum Gasteiger partial charge on any atom is 0.342 e. The molecule has 2 aromatic rings. The Hall–Kier alpha value is -2.41. The number of nitrogens with one attached hydrogen (secondary N) is 1. The van der Waals surface area contributed by atoms with E-state index >= 15 is 0 Å². The summed E-state index contributed by atoms with van der Waals surface area (Å²) in [7, 11) is 0. The van der Waals surface area contributed by atoms with Gasteiger partial charge in [0, 0.05) is 10.2 Å². The summed E-state index contributed by atoms with van der Waals surface area (Å²) in [6.45, 7) is 1.92. The van der Waals surface area contributed by atoms with Gasteiger partial charge in [0.2, 0.25) is 0 Å². The zero-order valence-corrected chi connectivity index (χ0v) is 12.5. The van der Waals surface area contributed by atoms with Gasteiger partial charge in [0.05, 0.1) is 4.92 Å². The minimum absolute atomic E-state index is 0.135. The third-order valence-electron chi connectivity index (χ3n) is 2.90. The molecule has 0 amide bonds. The van der Waals surface area contributed by atoms with Gasteiger partial charge < -0.3 is 10.4 Å². The van der Waals surface area contributed by atoms with Crippen molar-refractivity contribution in [2.24, 2.45) is 0 Å². The molecule has 0 heterocycles. The molecule has 21 heavy (non-hydrogen) atoms. The average Bonchev–Trinajstić information content (AvgIpc) is 2.42. The summed E-state index contributed by atoms with van der Waals surface area (Å²) >= 11 is 3.38. The van der Waals surface area contributed by atoms with Crippen molar-refractivity contribution in [3.8, 4) is 0 Å². The first-order valence-corrected chi connectivity index (χ1v) is 6.73. The third kappa shape index (κ3) is 3.19. The van der Waals surface area contributed by atoms with Crippen LogP contribution >= 0.6 is 15.9 Å². The van der Waals surface area contributed by atoms with Crippen LogP contribution in [-0.4, -0.2) is 16.0 Å². The van der Waals surface area contributed by atoms with Crippen LogP contribution in [0.1, 0.15) is 15.9 Å². The number of carboxylic acids is 1. The van der Waals surface area contributed by atoms with Gasteiger partial charge in [0.1, 0.15) is 11.3 Å². The number of hydrogen-bond acceptors (Lipinski definition) is 4. The van der Waals surface area contributed by atoms with E-state index in [0.29, 0.717) is 5.69 Å². The molecule has 0 atom stereocenters. The molecule has 0 fully saturated rings. The fourth-order valence-electron chi connectivity index (χ4n) is 1.84. The molecule has 0 saturated carbocycles. The highest BCUT2D eigenvalue weighted by Gasteiger charge is 2.24. The maximum atomic E-state index is 11.2. The molecule has 6 nitrogen and oxygen atoms in total. The lowest BCUT2D eigenvalue weighted by molar-refractivity contribution is -0.384. The molecule has 108 valence electrons. The number of para-hydroxylation sites is 1. The molecule has 2 rings (SSSR count). The number of nitro benzene ring substituents is 1. The van der Waals surface area contributed by atoms with Crippen LogP contribution in [0, 0.1) is 17.0 Å². The van der Waals surface area contributed by atoms with Crippen LogP contribution < -0.4 is 5.32 Å². The fraction of sp³-hybridized carbons (Fsp3) is 0.0714. The van der Waals surface area contributed by atoms with Crippen LogP contribution in [0.25, 0.3) is 0 Å². The molecular weight excluding hydrogens is 340 g/mol. The Morgan fingerprint density at radius 1 is 1.33 bits per heavy atom. The molecule has 0 aliphatic carbocycles. The Bertz CT molecular complexity index is 731. The largest absolute Gasteiger partial charge is 0.477 e. The van der Waals surface area contributed by atoms with E-state index in [4.69, 9.17) is 5.11 Å². The quantitative estimate of drug-likeness (QED) is 0.639. The second-order valence-electron chi connectivity index (χ2n) is 4.35. The predicted octanol–water partition coefficient (Wildman–Crippen LogP) is 4.11. The summed E-state index contributed by atoms with van der Waals surface area (Å²) in [5.41, 5.74) is 0.973. The Morgan fingerprint density at radius 2 is 2.05 bits per heavy atom. The Labute approximate surface area is 128 Å². The lowest BCUT2D eigenvalue weighted by Crippen LogP contribution is -2.05. The highest BCUT2D eigenvalue weighted by Crippen LogP contribution is 2.32. The minimum Gasteiger partial charge on any atom is -0.477 e. The molecule has 0 aliphatic heterocycles. The van der Waals surface area contributed by atoms with E-state index in [1.165, 1.54) is 18.2 Å². The number of rotatable bonds is 4. The van der Waals surface area contributed by atoms with E-state index in [1.807, 2.05) is 13.0 Å². The standard InChI is InChI=1S/C14H11BrN2O4/c1-8-5-6-9(7-11(8)15)16-12-4-2-3-10(14(18)19)13(12)17(20)21/h2-7,16H,1H3,(H,18,19). The van der Waals surface area contributed by atoms with Crippen molar-refractivity contribution in [1.29, 1.82) is 0 Å². The molecule has 0 saturated heterocycles. The van der Waals surface area contributed by atoms with Crippen molar-refractivity contribution >= 4 is 39.0 Å². The first-order chi connectivity index (χ1) is 9.90. The number of aryl methyl sites for hydroxylation is 1.